The van der Waals surface area contributed by atoms with Crippen LogP contribution in [0.5, 0.6) is 0 Å². The zero-order valence-corrected chi connectivity index (χ0v) is 14.4. The van der Waals surface area contributed by atoms with Gasteiger partial charge in [0.1, 0.15) is 5.82 Å². The minimum Gasteiger partial charge on any atom is -0.410 e. The highest BCUT2D eigenvalue weighted by atomic mass is 28.4. The van der Waals surface area contributed by atoms with Gasteiger partial charge in [-0.05, 0) is 30.3 Å². The topological polar surface area (TPSA) is 29.5 Å². The number of rotatable bonds is 3. The fourth-order valence-corrected chi connectivity index (χ4v) is 3.41. The Hall–Kier alpha value is -1.20. The van der Waals surface area contributed by atoms with Crippen LogP contribution >= 0.6 is 0 Å². The number of hydrogen-bond donors (Lipinski definition) is 0. The summed E-state index contributed by atoms with van der Waals surface area (Å²) >= 11 is 0. The first-order valence-electron chi connectivity index (χ1n) is 7.33. The highest BCUT2D eigenvalue weighted by Crippen LogP contribution is 2.38. The Balaban J connectivity index is 1.93. The Morgan fingerprint density at radius 1 is 1.29 bits per heavy atom. The molecule has 21 heavy (non-hydrogen) atoms. The van der Waals surface area contributed by atoms with Gasteiger partial charge in [0.15, 0.2) is 8.32 Å². The number of carbonyl (C=O) groups is 1. The van der Waals surface area contributed by atoms with E-state index in [0.717, 1.165) is 0 Å². The van der Waals surface area contributed by atoms with Gasteiger partial charge in [0, 0.05) is 13.1 Å². The summed E-state index contributed by atoms with van der Waals surface area (Å²) in [6, 6.07) is 6.11. The smallest absolute Gasteiger partial charge is 0.257 e. The van der Waals surface area contributed by atoms with Crippen molar-refractivity contribution < 1.29 is 13.6 Å². The van der Waals surface area contributed by atoms with Gasteiger partial charge < -0.3 is 9.33 Å². The van der Waals surface area contributed by atoms with E-state index in [0.29, 0.717) is 13.1 Å². The molecule has 0 aliphatic carbocycles. The van der Waals surface area contributed by atoms with E-state index in [1.807, 2.05) is 0 Å². The number of nitrogens with zero attached hydrogens (tertiary/aromatic N) is 1. The number of carbonyl (C=O) groups excluding carboxylic acids is 1. The van der Waals surface area contributed by atoms with Crippen molar-refractivity contribution >= 4 is 14.2 Å². The molecule has 0 spiro atoms. The lowest BCUT2D eigenvalue weighted by Crippen LogP contribution is -2.59. The van der Waals surface area contributed by atoms with E-state index in [-0.39, 0.29) is 22.6 Å². The van der Waals surface area contributed by atoms with Crippen LogP contribution in [0.15, 0.2) is 24.3 Å². The molecule has 0 atom stereocenters. The summed E-state index contributed by atoms with van der Waals surface area (Å²) in [5.41, 5.74) is 0.142. The average molecular weight is 309 g/mol. The van der Waals surface area contributed by atoms with Crippen molar-refractivity contribution in [3.8, 4) is 0 Å². The van der Waals surface area contributed by atoms with Crippen LogP contribution in [0.1, 0.15) is 31.1 Å². The summed E-state index contributed by atoms with van der Waals surface area (Å²) in [4.78, 5) is 13.8. The molecule has 1 heterocycles. The van der Waals surface area contributed by atoms with Gasteiger partial charge in [0.05, 0.1) is 11.7 Å². The van der Waals surface area contributed by atoms with E-state index in [1.54, 1.807) is 17.0 Å². The Morgan fingerprint density at radius 2 is 1.86 bits per heavy atom. The Kier molecular flexibility index (Phi) is 4.26. The molecular weight excluding hydrogens is 285 g/mol. The van der Waals surface area contributed by atoms with Crippen molar-refractivity contribution in [1.29, 1.82) is 0 Å². The van der Waals surface area contributed by atoms with Crippen molar-refractivity contribution in [2.45, 2.75) is 45.0 Å². The molecule has 1 saturated heterocycles. The molecule has 1 aliphatic rings. The lowest BCUT2D eigenvalue weighted by atomic mass is 10.1. The molecule has 5 heteroatoms. The lowest BCUT2D eigenvalue weighted by molar-refractivity contribution is 0.0115. The first kappa shape index (κ1) is 16.2. The highest BCUT2D eigenvalue weighted by Gasteiger charge is 2.43. The Labute approximate surface area is 127 Å². The minimum atomic E-state index is -1.80. The molecule has 0 bridgehead atoms. The number of hydrogen-bond acceptors (Lipinski definition) is 2. The zero-order chi connectivity index (χ0) is 15.8. The molecular formula is C16H24FNO2Si. The lowest BCUT2D eigenvalue weighted by Gasteiger charge is -2.46. The van der Waals surface area contributed by atoms with Crippen LogP contribution in [0.25, 0.3) is 0 Å². The second kappa shape index (κ2) is 5.53. The van der Waals surface area contributed by atoms with Crippen LogP contribution in [0.2, 0.25) is 18.1 Å². The predicted molar refractivity (Wildman–Crippen MR) is 84.4 cm³/mol. The molecule has 3 nitrogen and oxygen atoms in total. The number of likely N-dealkylation sites (tertiary alicyclic amines) is 1. The van der Waals surface area contributed by atoms with E-state index < -0.39 is 14.1 Å². The molecule has 1 aromatic carbocycles. The third-order valence-corrected chi connectivity index (χ3v) is 9.04. The minimum absolute atomic E-state index is 0.0848. The van der Waals surface area contributed by atoms with Gasteiger partial charge in [-0.25, -0.2) is 4.39 Å². The molecule has 0 unspecified atom stereocenters. The predicted octanol–water partition coefficient (Wildman–Crippen LogP) is 3.67. The van der Waals surface area contributed by atoms with E-state index >= 15 is 0 Å². The molecule has 1 aliphatic heterocycles. The molecule has 1 aromatic rings. The molecule has 1 amide bonds. The van der Waals surface area contributed by atoms with Crippen LogP contribution < -0.4 is 0 Å². The fraction of sp³-hybridized carbons (Fsp3) is 0.562. The summed E-state index contributed by atoms with van der Waals surface area (Å²) in [7, 11) is -1.80. The first-order valence-corrected chi connectivity index (χ1v) is 10.2. The van der Waals surface area contributed by atoms with Crippen molar-refractivity contribution in [1.82, 2.24) is 4.90 Å². The largest absolute Gasteiger partial charge is 0.410 e. The molecule has 2 rings (SSSR count). The monoisotopic (exact) mass is 309 g/mol. The summed E-state index contributed by atoms with van der Waals surface area (Å²) in [5.74, 6) is -0.709. The quantitative estimate of drug-likeness (QED) is 0.797. The third kappa shape index (κ3) is 3.35. The summed E-state index contributed by atoms with van der Waals surface area (Å²) in [5, 5.41) is 0.156. The highest BCUT2D eigenvalue weighted by molar-refractivity contribution is 6.74. The number of benzene rings is 1. The summed E-state index contributed by atoms with van der Waals surface area (Å²) in [6.07, 6.45) is 0.0848. The van der Waals surface area contributed by atoms with Gasteiger partial charge in [0.25, 0.3) is 5.91 Å². The zero-order valence-electron chi connectivity index (χ0n) is 13.4. The molecule has 0 radical (unpaired) electrons. The maximum absolute atomic E-state index is 13.6. The fourth-order valence-electron chi connectivity index (χ4n) is 2.08. The standard InChI is InChI=1S/C16H24FNO2Si/c1-16(2,3)21(4,5)20-12-10-18(11-12)15(19)13-8-6-7-9-14(13)17/h6-9,12H,10-11H2,1-5H3. The summed E-state index contributed by atoms with van der Waals surface area (Å²) < 4.78 is 19.8. The van der Waals surface area contributed by atoms with Gasteiger partial charge in [-0.15, -0.1) is 0 Å². The summed E-state index contributed by atoms with van der Waals surface area (Å²) in [6.45, 7) is 12.1. The SMILES string of the molecule is CC(C)(C)[Si](C)(C)OC1CN(C(=O)c2ccccc2F)C1. The molecule has 0 aromatic heterocycles. The normalized spacial score (nSPS) is 16.8. The van der Waals surface area contributed by atoms with E-state index in [1.165, 1.54) is 12.1 Å². The Morgan fingerprint density at radius 3 is 2.38 bits per heavy atom. The number of halogens is 1. The van der Waals surface area contributed by atoms with E-state index in [9.17, 15) is 9.18 Å². The third-order valence-electron chi connectivity index (χ3n) is 4.51. The van der Waals surface area contributed by atoms with Crippen molar-refractivity contribution in [3.05, 3.63) is 35.6 Å². The van der Waals surface area contributed by atoms with E-state index in [2.05, 4.69) is 33.9 Å². The molecule has 1 fully saturated rings. The van der Waals surface area contributed by atoms with Crippen LogP contribution in [0.4, 0.5) is 4.39 Å². The van der Waals surface area contributed by atoms with Gasteiger partial charge in [-0.2, -0.15) is 0 Å². The Bertz CT molecular complexity index is 533. The van der Waals surface area contributed by atoms with Gasteiger partial charge in [-0.3, -0.25) is 4.79 Å². The second-order valence-corrected chi connectivity index (χ2v) is 11.9. The maximum Gasteiger partial charge on any atom is 0.257 e. The van der Waals surface area contributed by atoms with Crippen LogP contribution in [-0.2, 0) is 4.43 Å². The van der Waals surface area contributed by atoms with Gasteiger partial charge in [0.2, 0.25) is 0 Å². The molecule has 0 N–H and O–H groups in total. The maximum atomic E-state index is 13.6. The number of amides is 1. The molecule has 0 saturated carbocycles. The second-order valence-electron chi connectivity index (χ2n) is 7.19. The van der Waals surface area contributed by atoms with Gasteiger partial charge in [-0.1, -0.05) is 32.9 Å². The van der Waals surface area contributed by atoms with Crippen LogP contribution in [-0.4, -0.2) is 38.3 Å². The van der Waals surface area contributed by atoms with Gasteiger partial charge >= 0.3 is 0 Å². The van der Waals surface area contributed by atoms with Crippen LogP contribution in [0, 0.1) is 5.82 Å². The molecule has 116 valence electrons. The van der Waals surface area contributed by atoms with Crippen molar-refractivity contribution in [3.63, 3.8) is 0 Å². The van der Waals surface area contributed by atoms with Crippen LogP contribution in [0.3, 0.4) is 0 Å². The van der Waals surface area contributed by atoms with E-state index in [4.69, 9.17) is 4.43 Å². The average Bonchev–Trinajstić information content (AvgIpc) is 2.31. The van der Waals surface area contributed by atoms with Crippen molar-refractivity contribution in [2.24, 2.45) is 0 Å². The van der Waals surface area contributed by atoms with Crippen molar-refractivity contribution in [2.75, 3.05) is 13.1 Å². The first-order chi connectivity index (χ1) is 9.62.